The first-order chi connectivity index (χ1) is 15.1. The summed E-state index contributed by atoms with van der Waals surface area (Å²) in [6, 6.07) is 24.3. The average molecular weight is 453 g/mol. The van der Waals surface area contributed by atoms with E-state index in [0.29, 0.717) is 17.1 Å². The van der Waals surface area contributed by atoms with Crippen molar-refractivity contribution in [1.29, 1.82) is 0 Å². The van der Waals surface area contributed by atoms with E-state index in [0.717, 1.165) is 29.0 Å². The molecule has 0 aromatic heterocycles. The van der Waals surface area contributed by atoms with Crippen LogP contribution in [0, 0.1) is 0 Å². The summed E-state index contributed by atoms with van der Waals surface area (Å²) < 4.78 is 0. The lowest BCUT2D eigenvalue weighted by Gasteiger charge is -2.18. The van der Waals surface area contributed by atoms with Crippen LogP contribution in [0.25, 0.3) is 0 Å². The summed E-state index contributed by atoms with van der Waals surface area (Å²) in [6.07, 6.45) is 2.34. The summed E-state index contributed by atoms with van der Waals surface area (Å²) in [5.41, 5.74) is 2.19. The first-order valence-corrected chi connectivity index (χ1v) is 11.5. The summed E-state index contributed by atoms with van der Waals surface area (Å²) in [5, 5.41) is 5.88. The Kier molecular flexibility index (Phi) is 8.56. The number of carbonyl (C=O) groups is 2. The van der Waals surface area contributed by atoms with Crippen LogP contribution in [0.15, 0.2) is 83.8 Å². The van der Waals surface area contributed by atoms with Gasteiger partial charge in [-0.25, -0.2) is 0 Å². The van der Waals surface area contributed by atoms with Crippen molar-refractivity contribution >= 4 is 46.6 Å². The Morgan fingerprint density at radius 1 is 0.935 bits per heavy atom. The van der Waals surface area contributed by atoms with Crippen molar-refractivity contribution in [3.8, 4) is 0 Å². The molecule has 0 saturated carbocycles. The van der Waals surface area contributed by atoms with Crippen LogP contribution in [-0.2, 0) is 9.59 Å². The molecule has 1 unspecified atom stereocenters. The first-order valence-electron chi connectivity index (χ1n) is 10.2. The van der Waals surface area contributed by atoms with Gasteiger partial charge in [-0.05, 0) is 42.3 Å². The van der Waals surface area contributed by atoms with Gasteiger partial charge in [0.15, 0.2) is 0 Å². The van der Waals surface area contributed by atoms with Crippen LogP contribution >= 0.6 is 23.4 Å². The molecule has 3 aromatic carbocycles. The van der Waals surface area contributed by atoms with Gasteiger partial charge in [0.1, 0.15) is 5.25 Å². The van der Waals surface area contributed by atoms with Crippen molar-refractivity contribution in [3.63, 3.8) is 0 Å². The number of rotatable bonds is 9. The number of carbonyl (C=O) groups excluding carboxylic acids is 2. The monoisotopic (exact) mass is 452 g/mol. The molecule has 0 aliphatic rings. The van der Waals surface area contributed by atoms with Crippen LogP contribution < -0.4 is 10.6 Å². The topological polar surface area (TPSA) is 58.2 Å². The fourth-order valence-electron chi connectivity index (χ4n) is 3.01. The van der Waals surface area contributed by atoms with Crippen LogP contribution in [0.5, 0.6) is 0 Å². The van der Waals surface area contributed by atoms with E-state index >= 15 is 0 Å². The standard InChI is InChI=1S/C25H25ClN2O2S/c1-2-3-16-23(29)27-19-12-9-13-20(17-19)31-24(18-10-5-4-6-11-18)25(30)28-22-15-8-7-14-21(22)26/h4-15,17,24H,2-3,16H2,1H3,(H,27,29)(H,28,30). The Balaban J connectivity index is 1.79. The molecule has 6 heteroatoms. The third-order valence-electron chi connectivity index (χ3n) is 4.60. The SMILES string of the molecule is CCCCC(=O)Nc1cccc(SC(C(=O)Nc2ccccc2Cl)c2ccccc2)c1. The maximum absolute atomic E-state index is 13.2. The van der Waals surface area contributed by atoms with E-state index < -0.39 is 5.25 Å². The molecule has 2 N–H and O–H groups in total. The van der Waals surface area contributed by atoms with Gasteiger partial charge in [-0.15, -0.1) is 11.8 Å². The Labute approximate surface area is 192 Å². The third kappa shape index (κ3) is 6.88. The molecular weight excluding hydrogens is 428 g/mol. The highest BCUT2D eigenvalue weighted by Gasteiger charge is 2.23. The lowest BCUT2D eigenvalue weighted by molar-refractivity contribution is -0.116. The predicted octanol–water partition coefficient (Wildman–Crippen LogP) is 6.94. The van der Waals surface area contributed by atoms with E-state index in [1.165, 1.54) is 11.8 Å². The quantitative estimate of drug-likeness (QED) is 0.345. The minimum Gasteiger partial charge on any atom is -0.326 e. The van der Waals surface area contributed by atoms with Crippen molar-refractivity contribution in [1.82, 2.24) is 0 Å². The number of para-hydroxylation sites is 1. The molecule has 0 aliphatic carbocycles. The lowest BCUT2D eigenvalue weighted by Crippen LogP contribution is -2.19. The normalized spacial score (nSPS) is 11.5. The third-order valence-corrected chi connectivity index (χ3v) is 6.18. The van der Waals surface area contributed by atoms with Crippen LogP contribution in [-0.4, -0.2) is 11.8 Å². The summed E-state index contributed by atoms with van der Waals surface area (Å²) >= 11 is 7.65. The van der Waals surface area contributed by atoms with E-state index in [1.807, 2.05) is 66.7 Å². The maximum Gasteiger partial charge on any atom is 0.242 e. The molecule has 0 aliphatic heterocycles. The highest BCUT2D eigenvalue weighted by Crippen LogP contribution is 2.37. The van der Waals surface area contributed by atoms with Crippen molar-refractivity contribution in [2.24, 2.45) is 0 Å². The number of halogens is 1. The molecule has 1 atom stereocenters. The zero-order chi connectivity index (χ0) is 22.1. The molecule has 3 aromatic rings. The Morgan fingerprint density at radius 3 is 2.42 bits per heavy atom. The van der Waals surface area contributed by atoms with E-state index in [1.54, 1.807) is 12.1 Å². The number of amides is 2. The maximum atomic E-state index is 13.2. The highest BCUT2D eigenvalue weighted by molar-refractivity contribution is 8.00. The minimum absolute atomic E-state index is 0.0000666. The van der Waals surface area contributed by atoms with Gasteiger partial charge < -0.3 is 10.6 Å². The van der Waals surface area contributed by atoms with Crippen molar-refractivity contribution in [2.45, 2.75) is 36.3 Å². The van der Waals surface area contributed by atoms with Crippen LogP contribution in [0.2, 0.25) is 5.02 Å². The number of benzene rings is 3. The molecule has 0 saturated heterocycles. The Bertz CT molecular complexity index is 1030. The molecule has 31 heavy (non-hydrogen) atoms. The van der Waals surface area contributed by atoms with E-state index in [4.69, 9.17) is 11.6 Å². The smallest absolute Gasteiger partial charge is 0.242 e. The molecule has 3 rings (SSSR count). The van der Waals surface area contributed by atoms with E-state index in [9.17, 15) is 9.59 Å². The van der Waals surface area contributed by atoms with Gasteiger partial charge >= 0.3 is 0 Å². The second-order valence-corrected chi connectivity index (χ2v) is 8.64. The number of hydrogen-bond donors (Lipinski definition) is 2. The van der Waals surface area contributed by atoms with Crippen molar-refractivity contribution < 1.29 is 9.59 Å². The van der Waals surface area contributed by atoms with Gasteiger partial charge in [0.05, 0.1) is 10.7 Å². The van der Waals surface area contributed by atoms with E-state index in [-0.39, 0.29) is 11.8 Å². The molecule has 160 valence electrons. The zero-order valence-corrected chi connectivity index (χ0v) is 18.9. The van der Waals surface area contributed by atoms with Crippen LogP contribution in [0.3, 0.4) is 0 Å². The second kappa shape index (κ2) is 11.6. The van der Waals surface area contributed by atoms with Gasteiger partial charge in [-0.3, -0.25) is 9.59 Å². The Morgan fingerprint density at radius 2 is 1.68 bits per heavy atom. The zero-order valence-electron chi connectivity index (χ0n) is 17.3. The predicted molar refractivity (Wildman–Crippen MR) is 130 cm³/mol. The van der Waals surface area contributed by atoms with Gasteiger partial charge in [0.2, 0.25) is 11.8 Å². The van der Waals surface area contributed by atoms with Crippen LogP contribution in [0.1, 0.15) is 37.0 Å². The van der Waals surface area contributed by atoms with Gasteiger partial charge in [0.25, 0.3) is 0 Å². The summed E-state index contributed by atoms with van der Waals surface area (Å²) in [4.78, 5) is 26.2. The summed E-state index contributed by atoms with van der Waals surface area (Å²) in [6.45, 7) is 2.06. The molecule has 0 spiro atoms. The van der Waals surface area contributed by atoms with E-state index in [2.05, 4.69) is 17.6 Å². The molecular formula is C25H25ClN2O2S. The second-order valence-electron chi connectivity index (χ2n) is 7.06. The molecule has 0 fully saturated rings. The first kappa shape index (κ1) is 22.9. The molecule has 0 bridgehead atoms. The van der Waals surface area contributed by atoms with Gasteiger partial charge in [-0.2, -0.15) is 0 Å². The number of hydrogen-bond acceptors (Lipinski definition) is 3. The fourth-order valence-corrected chi connectivity index (χ4v) is 4.27. The number of thioether (sulfide) groups is 1. The van der Waals surface area contributed by atoms with Crippen molar-refractivity contribution in [3.05, 3.63) is 89.4 Å². The molecule has 4 nitrogen and oxygen atoms in total. The molecule has 2 amide bonds. The fraction of sp³-hybridized carbons (Fsp3) is 0.200. The lowest BCUT2D eigenvalue weighted by atomic mass is 10.1. The van der Waals surface area contributed by atoms with Crippen LogP contribution in [0.4, 0.5) is 11.4 Å². The number of anilines is 2. The Hall–Kier alpha value is -2.76. The summed E-state index contributed by atoms with van der Waals surface area (Å²) in [5.74, 6) is -0.165. The van der Waals surface area contributed by atoms with Gasteiger partial charge in [-0.1, -0.05) is 73.5 Å². The molecule has 0 radical (unpaired) electrons. The number of nitrogens with one attached hydrogen (secondary N) is 2. The van der Waals surface area contributed by atoms with Gasteiger partial charge in [0, 0.05) is 17.0 Å². The largest absolute Gasteiger partial charge is 0.326 e. The number of unbranched alkanes of at least 4 members (excludes halogenated alkanes) is 1. The minimum atomic E-state index is -0.483. The highest BCUT2D eigenvalue weighted by atomic mass is 35.5. The average Bonchev–Trinajstić information content (AvgIpc) is 2.78. The molecule has 0 heterocycles. The van der Waals surface area contributed by atoms with Crippen molar-refractivity contribution in [2.75, 3.05) is 10.6 Å². The summed E-state index contributed by atoms with van der Waals surface area (Å²) in [7, 11) is 0.